The van der Waals surface area contributed by atoms with Crippen molar-refractivity contribution in [1.82, 2.24) is 4.98 Å². The number of nitrogens with zero attached hydrogens (tertiary/aromatic N) is 1. The summed E-state index contributed by atoms with van der Waals surface area (Å²) in [5.74, 6) is -0.353. The third kappa shape index (κ3) is 2.20. The smallest absolute Gasteiger partial charge is 0.337 e. The van der Waals surface area contributed by atoms with E-state index in [4.69, 9.17) is 9.52 Å². The summed E-state index contributed by atoms with van der Waals surface area (Å²) < 4.78 is 6.71. The quantitative estimate of drug-likeness (QED) is 0.761. The van der Waals surface area contributed by atoms with Gasteiger partial charge in [-0.1, -0.05) is 15.9 Å². The van der Waals surface area contributed by atoms with Crippen LogP contribution in [0.3, 0.4) is 0 Å². The van der Waals surface area contributed by atoms with E-state index >= 15 is 0 Å². The minimum absolute atomic E-state index is 0.201. The second kappa shape index (κ2) is 4.76. The van der Waals surface area contributed by atoms with Crippen LogP contribution in [0.1, 0.15) is 16.1 Å². The van der Waals surface area contributed by atoms with Crippen LogP contribution in [0.5, 0.6) is 0 Å². The molecule has 1 aromatic carbocycles. The predicted octanol–water partition coefficient (Wildman–Crippen LogP) is 4.26. The highest BCUT2D eigenvalue weighted by Gasteiger charge is 2.12. The standard InChI is InChI=1S/C15H10BrNO3/c1-8-11(15(18)19)3-4-12(17-8)14-7-9-6-10(16)2-5-13(9)20-14/h2-7H,1H3,(H,18,19). The Balaban J connectivity index is 2.11. The molecule has 2 aromatic heterocycles. The lowest BCUT2D eigenvalue weighted by atomic mass is 10.1. The lowest BCUT2D eigenvalue weighted by Gasteiger charge is -2.01. The molecule has 100 valence electrons. The summed E-state index contributed by atoms with van der Waals surface area (Å²) >= 11 is 3.41. The highest BCUT2D eigenvalue weighted by atomic mass is 79.9. The summed E-state index contributed by atoms with van der Waals surface area (Å²) in [5.41, 5.74) is 2.06. The van der Waals surface area contributed by atoms with Gasteiger partial charge in [-0.2, -0.15) is 0 Å². The van der Waals surface area contributed by atoms with Crippen molar-refractivity contribution in [3.05, 3.63) is 52.1 Å². The Hall–Kier alpha value is -2.14. The fourth-order valence-electron chi connectivity index (χ4n) is 2.06. The predicted molar refractivity (Wildman–Crippen MR) is 78.8 cm³/mol. The SMILES string of the molecule is Cc1nc(-c2cc3cc(Br)ccc3o2)ccc1C(=O)O. The Kier molecular flexibility index (Phi) is 3.06. The summed E-state index contributed by atoms with van der Waals surface area (Å²) in [4.78, 5) is 15.3. The normalized spacial score (nSPS) is 10.9. The number of rotatable bonds is 2. The number of carboxylic acids is 1. The number of aromatic carboxylic acids is 1. The van der Waals surface area contributed by atoms with Crippen LogP contribution in [0.4, 0.5) is 0 Å². The Morgan fingerprint density at radius 2 is 2.05 bits per heavy atom. The largest absolute Gasteiger partial charge is 0.478 e. The first kappa shape index (κ1) is 12.9. The number of fused-ring (bicyclic) bond motifs is 1. The zero-order chi connectivity index (χ0) is 14.3. The first-order valence-corrected chi connectivity index (χ1v) is 6.74. The van der Waals surface area contributed by atoms with Crippen molar-refractivity contribution in [3.8, 4) is 11.5 Å². The van der Waals surface area contributed by atoms with E-state index in [1.165, 1.54) is 0 Å². The van der Waals surface area contributed by atoms with Gasteiger partial charge in [0, 0.05) is 9.86 Å². The molecule has 0 aliphatic rings. The van der Waals surface area contributed by atoms with Gasteiger partial charge in [-0.05, 0) is 43.3 Å². The molecule has 5 heteroatoms. The number of pyridine rings is 1. The Labute approximate surface area is 123 Å². The monoisotopic (exact) mass is 331 g/mol. The Bertz CT molecular complexity index is 823. The number of benzene rings is 1. The van der Waals surface area contributed by atoms with E-state index in [0.29, 0.717) is 17.1 Å². The number of hydrogen-bond acceptors (Lipinski definition) is 3. The van der Waals surface area contributed by atoms with E-state index in [-0.39, 0.29) is 5.56 Å². The highest BCUT2D eigenvalue weighted by Crippen LogP contribution is 2.29. The second-order valence-electron chi connectivity index (χ2n) is 4.43. The number of carboxylic acid groups (broad SMARTS) is 1. The summed E-state index contributed by atoms with van der Waals surface area (Å²) in [6.45, 7) is 1.67. The molecule has 20 heavy (non-hydrogen) atoms. The van der Waals surface area contributed by atoms with Crippen LogP contribution >= 0.6 is 15.9 Å². The minimum atomic E-state index is -0.977. The van der Waals surface area contributed by atoms with Gasteiger partial charge < -0.3 is 9.52 Å². The van der Waals surface area contributed by atoms with Crippen molar-refractivity contribution in [1.29, 1.82) is 0 Å². The van der Waals surface area contributed by atoms with E-state index in [2.05, 4.69) is 20.9 Å². The summed E-state index contributed by atoms with van der Waals surface area (Å²) in [6.07, 6.45) is 0. The Morgan fingerprint density at radius 3 is 2.75 bits per heavy atom. The van der Waals surface area contributed by atoms with Gasteiger partial charge in [-0.3, -0.25) is 0 Å². The van der Waals surface area contributed by atoms with Crippen molar-refractivity contribution < 1.29 is 14.3 Å². The molecule has 3 rings (SSSR count). The first-order chi connectivity index (χ1) is 9.54. The van der Waals surface area contributed by atoms with Crippen LogP contribution in [0, 0.1) is 6.92 Å². The van der Waals surface area contributed by atoms with Gasteiger partial charge in [-0.25, -0.2) is 9.78 Å². The van der Waals surface area contributed by atoms with Gasteiger partial charge >= 0.3 is 5.97 Å². The van der Waals surface area contributed by atoms with Gasteiger partial charge in [0.25, 0.3) is 0 Å². The van der Waals surface area contributed by atoms with E-state index in [1.807, 2.05) is 24.3 Å². The maximum Gasteiger partial charge on any atom is 0.337 e. The third-order valence-electron chi connectivity index (χ3n) is 3.05. The van der Waals surface area contributed by atoms with Crippen LogP contribution in [0.15, 0.2) is 45.3 Å². The minimum Gasteiger partial charge on any atom is -0.478 e. The van der Waals surface area contributed by atoms with Crippen LogP contribution < -0.4 is 0 Å². The number of furan rings is 1. The van der Waals surface area contributed by atoms with E-state index in [9.17, 15) is 4.79 Å². The topological polar surface area (TPSA) is 63.3 Å². The molecule has 2 heterocycles. The molecular weight excluding hydrogens is 322 g/mol. The molecule has 0 spiro atoms. The zero-order valence-corrected chi connectivity index (χ0v) is 12.1. The number of aromatic nitrogens is 1. The lowest BCUT2D eigenvalue weighted by Crippen LogP contribution is -2.01. The molecule has 0 saturated heterocycles. The van der Waals surface area contributed by atoms with Gasteiger partial charge in [0.05, 0.1) is 11.3 Å². The molecule has 0 amide bonds. The van der Waals surface area contributed by atoms with Crippen LogP contribution in [0.2, 0.25) is 0 Å². The van der Waals surface area contributed by atoms with Crippen molar-refractivity contribution >= 4 is 32.9 Å². The van der Waals surface area contributed by atoms with Crippen molar-refractivity contribution in [2.45, 2.75) is 6.92 Å². The molecule has 0 bridgehead atoms. The third-order valence-corrected chi connectivity index (χ3v) is 3.54. The van der Waals surface area contributed by atoms with Crippen LogP contribution in [-0.4, -0.2) is 16.1 Å². The van der Waals surface area contributed by atoms with Crippen LogP contribution in [0.25, 0.3) is 22.4 Å². The van der Waals surface area contributed by atoms with Gasteiger partial charge in [-0.15, -0.1) is 0 Å². The molecule has 0 unspecified atom stereocenters. The average Bonchev–Trinajstić information content (AvgIpc) is 2.81. The number of hydrogen-bond donors (Lipinski definition) is 1. The van der Waals surface area contributed by atoms with Crippen molar-refractivity contribution in [3.63, 3.8) is 0 Å². The molecule has 0 radical (unpaired) electrons. The van der Waals surface area contributed by atoms with Crippen molar-refractivity contribution in [2.75, 3.05) is 0 Å². The van der Waals surface area contributed by atoms with E-state index in [1.54, 1.807) is 19.1 Å². The fraction of sp³-hybridized carbons (Fsp3) is 0.0667. The van der Waals surface area contributed by atoms with Crippen LogP contribution in [-0.2, 0) is 0 Å². The zero-order valence-electron chi connectivity index (χ0n) is 10.6. The molecule has 1 N–H and O–H groups in total. The lowest BCUT2D eigenvalue weighted by molar-refractivity contribution is 0.0695. The Morgan fingerprint density at radius 1 is 1.25 bits per heavy atom. The number of halogens is 1. The number of aryl methyl sites for hydroxylation is 1. The molecule has 3 aromatic rings. The molecule has 0 saturated carbocycles. The maximum absolute atomic E-state index is 11.0. The maximum atomic E-state index is 11.0. The highest BCUT2D eigenvalue weighted by molar-refractivity contribution is 9.10. The molecule has 0 atom stereocenters. The molecule has 0 fully saturated rings. The molecule has 0 aliphatic heterocycles. The summed E-state index contributed by atoms with van der Waals surface area (Å²) in [6, 6.07) is 10.8. The fourth-order valence-corrected chi connectivity index (χ4v) is 2.44. The summed E-state index contributed by atoms with van der Waals surface area (Å²) in [7, 11) is 0. The molecule has 0 aliphatic carbocycles. The van der Waals surface area contributed by atoms with Crippen molar-refractivity contribution in [2.24, 2.45) is 0 Å². The summed E-state index contributed by atoms with van der Waals surface area (Å²) in [5, 5.41) is 9.97. The first-order valence-electron chi connectivity index (χ1n) is 5.95. The molecule has 4 nitrogen and oxygen atoms in total. The van der Waals surface area contributed by atoms with Gasteiger partial charge in [0.1, 0.15) is 11.3 Å². The van der Waals surface area contributed by atoms with Gasteiger partial charge in [0.15, 0.2) is 5.76 Å². The second-order valence-corrected chi connectivity index (χ2v) is 5.34. The average molecular weight is 332 g/mol. The number of carbonyl (C=O) groups is 1. The van der Waals surface area contributed by atoms with Gasteiger partial charge in [0.2, 0.25) is 0 Å². The molecular formula is C15H10BrNO3. The van der Waals surface area contributed by atoms with E-state index < -0.39 is 5.97 Å². The van der Waals surface area contributed by atoms with E-state index in [0.717, 1.165) is 15.4 Å².